The molecule has 0 radical (unpaired) electrons. The van der Waals surface area contributed by atoms with Gasteiger partial charge in [-0.1, -0.05) is 0 Å². The molecule has 1 aliphatic rings. The van der Waals surface area contributed by atoms with Crippen LogP contribution in [0.15, 0.2) is 0 Å². The second-order valence-corrected chi connectivity index (χ2v) is 2.11. The van der Waals surface area contributed by atoms with Gasteiger partial charge in [0.25, 0.3) is 0 Å². The van der Waals surface area contributed by atoms with Crippen molar-refractivity contribution in [2.45, 2.75) is 6.04 Å². The number of carbonyl (C=O) groups excluding carboxylic acids is 1. The van der Waals surface area contributed by atoms with Crippen molar-refractivity contribution in [1.29, 1.82) is 0 Å². The van der Waals surface area contributed by atoms with Crippen LogP contribution in [0.4, 0.5) is 0 Å². The Morgan fingerprint density at radius 2 is 2.20 bits per heavy atom. The largest absolute Gasteiger partial charge is 0.368 e. The first-order valence-corrected chi connectivity index (χ1v) is 3.04. The highest BCUT2D eigenvalue weighted by atomic mass is 35.5. The van der Waals surface area contributed by atoms with Crippen LogP contribution in [0.25, 0.3) is 0 Å². The van der Waals surface area contributed by atoms with Crippen LogP contribution in [0, 0.1) is 0 Å². The highest BCUT2D eigenvalue weighted by molar-refractivity contribution is 5.85. The maximum absolute atomic E-state index is 10.5. The van der Waals surface area contributed by atoms with Gasteiger partial charge in [-0.05, 0) is 0 Å². The minimum absolute atomic E-state index is 0. The van der Waals surface area contributed by atoms with Crippen LogP contribution >= 0.6 is 12.4 Å². The Hall–Kier alpha value is -0.320. The van der Waals surface area contributed by atoms with Crippen LogP contribution in [0.3, 0.4) is 0 Å². The Kier molecular flexibility index (Phi) is 4.34. The van der Waals surface area contributed by atoms with Gasteiger partial charge in [-0.2, -0.15) is 0 Å². The molecule has 1 aliphatic heterocycles. The zero-order valence-corrected chi connectivity index (χ0v) is 6.41. The average molecular weight is 166 g/mol. The number of halogens is 1. The standard InChI is InChI=1S/C5H11N3O.ClH/c6-5(9)4-3-7-1-2-8-4;/h4,7-8H,1-3H2,(H2,6,9);1H. The Balaban J connectivity index is 0.000000810. The van der Waals surface area contributed by atoms with E-state index < -0.39 is 0 Å². The summed E-state index contributed by atoms with van der Waals surface area (Å²) in [7, 11) is 0. The highest BCUT2D eigenvalue weighted by Crippen LogP contribution is 1.83. The highest BCUT2D eigenvalue weighted by Gasteiger charge is 2.16. The summed E-state index contributed by atoms with van der Waals surface area (Å²) in [5.74, 6) is -0.276. The molecule has 0 saturated carbocycles. The van der Waals surface area contributed by atoms with Crippen molar-refractivity contribution in [2.75, 3.05) is 19.6 Å². The first-order valence-electron chi connectivity index (χ1n) is 3.04. The molecule has 0 aromatic heterocycles. The molecule has 4 N–H and O–H groups in total. The van der Waals surface area contributed by atoms with Gasteiger partial charge in [0, 0.05) is 19.6 Å². The van der Waals surface area contributed by atoms with Gasteiger partial charge < -0.3 is 16.4 Å². The lowest BCUT2D eigenvalue weighted by Gasteiger charge is -2.21. The molecular formula is C5H12ClN3O. The number of amides is 1. The van der Waals surface area contributed by atoms with Crippen molar-refractivity contribution < 1.29 is 4.79 Å². The van der Waals surface area contributed by atoms with Crippen molar-refractivity contribution >= 4 is 18.3 Å². The second-order valence-electron chi connectivity index (χ2n) is 2.11. The molecule has 0 bridgehead atoms. The predicted molar refractivity (Wildman–Crippen MR) is 41.1 cm³/mol. The summed E-state index contributed by atoms with van der Waals surface area (Å²) < 4.78 is 0. The fraction of sp³-hybridized carbons (Fsp3) is 0.800. The van der Waals surface area contributed by atoms with Gasteiger partial charge in [0.1, 0.15) is 0 Å². The Morgan fingerprint density at radius 3 is 2.50 bits per heavy atom. The Morgan fingerprint density at radius 1 is 1.50 bits per heavy atom. The molecule has 0 aliphatic carbocycles. The number of primary amides is 1. The Labute approximate surface area is 65.9 Å². The molecule has 1 amide bonds. The number of nitrogens with two attached hydrogens (primary N) is 1. The van der Waals surface area contributed by atoms with Crippen LogP contribution in [-0.2, 0) is 4.79 Å². The number of rotatable bonds is 1. The zero-order chi connectivity index (χ0) is 6.69. The summed E-state index contributed by atoms with van der Waals surface area (Å²) in [5.41, 5.74) is 5.03. The minimum atomic E-state index is -0.276. The van der Waals surface area contributed by atoms with Crippen LogP contribution < -0.4 is 16.4 Å². The van der Waals surface area contributed by atoms with E-state index in [4.69, 9.17) is 5.73 Å². The normalized spacial score (nSPS) is 25.0. The molecule has 0 spiro atoms. The Bertz CT molecular complexity index is 113. The molecule has 0 aromatic rings. The van der Waals surface area contributed by atoms with E-state index in [1.54, 1.807) is 0 Å². The molecule has 1 heterocycles. The first-order chi connectivity index (χ1) is 4.30. The van der Waals surface area contributed by atoms with Gasteiger partial charge in [0.2, 0.25) is 5.91 Å². The fourth-order valence-corrected chi connectivity index (χ4v) is 0.855. The molecule has 1 saturated heterocycles. The average Bonchev–Trinajstić information content (AvgIpc) is 1.90. The third kappa shape index (κ3) is 2.51. The summed E-state index contributed by atoms with van der Waals surface area (Å²) in [6, 6.07) is -0.168. The summed E-state index contributed by atoms with van der Waals surface area (Å²) in [4.78, 5) is 10.5. The third-order valence-electron chi connectivity index (χ3n) is 1.38. The van der Waals surface area contributed by atoms with E-state index in [1.165, 1.54) is 0 Å². The van der Waals surface area contributed by atoms with E-state index in [0.717, 1.165) is 13.1 Å². The van der Waals surface area contributed by atoms with Gasteiger partial charge in [-0.25, -0.2) is 0 Å². The molecule has 0 aromatic carbocycles. The summed E-state index contributed by atoms with van der Waals surface area (Å²) in [5, 5.41) is 6.03. The molecule has 60 valence electrons. The second kappa shape index (κ2) is 4.49. The van der Waals surface area contributed by atoms with E-state index in [1.807, 2.05) is 0 Å². The van der Waals surface area contributed by atoms with E-state index in [0.29, 0.717) is 6.54 Å². The topological polar surface area (TPSA) is 67.2 Å². The van der Waals surface area contributed by atoms with Crippen molar-refractivity contribution in [3.63, 3.8) is 0 Å². The van der Waals surface area contributed by atoms with Crippen molar-refractivity contribution in [2.24, 2.45) is 5.73 Å². The van der Waals surface area contributed by atoms with Crippen LogP contribution in [0.5, 0.6) is 0 Å². The van der Waals surface area contributed by atoms with E-state index >= 15 is 0 Å². The summed E-state index contributed by atoms with van der Waals surface area (Å²) >= 11 is 0. The lowest BCUT2D eigenvalue weighted by Crippen LogP contribution is -2.54. The monoisotopic (exact) mass is 165 g/mol. The lowest BCUT2D eigenvalue weighted by atomic mass is 10.2. The molecule has 10 heavy (non-hydrogen) atoms. The van der Waals surface area contributed by atoms with Crippen molar-refractivity contribution in [3.8, 4) is 0 Å². The molecular weight excluding hydrogens is 154 g/mol. The van der Waals surface area contributed by atoms with Gasteiger partial charge in [0.15, 0.2) is 0 Å². The number of hydrogen-bond donors (Lipinski definition) is 3. The SMILES string of the molecule is Cl.NC(=O)C1CNCCN1. The summed E-state index contributed by atoms with van der Waals surface area (Å²) in [6.45, 7) is 2.41. The van der Waals surface area contributed by atoms with Crippen LogP contribution in [-0.4, -0.2) is 31.6 Å². The smallest absolute Gasteiger partial charge is 0.235 e. The van der Waals surface area contributed by atoms with Gasteiger partial charge >= 0.3 is 0 Å². The minimum Gasteiger partial charge on any atom is -0.368 e. The van der Waals surface area contributed by atoms with Gasteiger partial charge in [0.05, 0.1) is 6.04 Å². The van der Waals surface area contributed by atoms with E-state index in [-0.39, 0.29) is 24.4 Å². The predicted octanol–water partition coefficient (Wildman–Crippen LogP) is -1.55. The fourth-order valence-electron chi connectivity index (χ4n) is 0.855. The van der Waals surface area contributed by atoms with E-state index in [2.05, 4.69) is 10.6 Å². The molecule has 1 fully saturated rings. The van der Waals surface area contributed by atoms with Gasteiger partial charge in [-0.3, -0.25) is 4.79 Å². The van der Waals surface area contributed by atoms with Crippen molar-refractivity contribution in [1.82, 2.24) is 10.6 Å². The lowest BCUT2D eigenvalue weighted by molar-refractivity contribution is -0.120. The molecule has 1 unspecified atom stereocenters. The number of nitrogens with one attached hydrogen (secondary N) is 2. The van der Waals surface area contributed by atoms with Crippen molar-refractivity contribution in [3.05, 3.63) is 0 Å². The number of piperazine rings is 1. The number of carbonyl (C=O) groups is 1. The maximum atomic E-state index is 10.5. The van der Waals surface area contributed by atoms with E-state index in [9.17, 15) is 4.79 Å². The molecule has 4 nitrogen and oxygen atoms in total. The number of hydrogen-bond acceptors (Lipinski definition) is 3. The molecule has 1 rings (SSSR count). The third-order valence-corrected chi connectivity index (χ3v) is 1.38. The summed E-state index contributed by atoms with van der Waals surface area (Å²) in [6.07, 6.45) is 0. The van der Waals surface area contributed by atoms with Crippen LogP contribution in [0.2, 0.25) is 0 Å². The molecule has 5 heteroatoms. The van der Waals surface area contributed by atoms with Crippen LogP contribution in [0.1, 0.15) is 0 Å². The zero-order valence-electron chi connectivity index (χ0n) is 5.59. The maximum Gasteiger partial charge on any atom is 0.235 e. The quantitative estimate of drug-likeness (QED) is 0.441. The van der Waals surface area contributed by atoms with Gasteiger partial charge in [-0.15, -0.1) is 12.4 Å². The molecule has 1 atom stereocenters. The first kappa shape index (κ1) is 9.68.